The number of amides is 1. The minimum Gasteiger partial charge on any atom is -0.755 e. The molecule has 1 amide bonds. The van der Waals surface area contributed by atoms with E-state index in [1.165, 1.54) is 12.1 Å². The summed E-state index contributed by atoms with van der Waals surface area (Å²) in [6.07, 6.45) is 2.12. The molecular formula is C25H21FN3O3S-. The van der Waals surface area contributed by atoms with Crippen LogP contribution in [0.5, 0.6) is 0 Å². The van der Waals surface area contributed by atoms with Gasteiger partial charge in [-0.15, -0.1) is 0 Å². The lowest BCUT2D eigenvalue weighted by Gasteiger charge is -2.29. The molecule has 168 valence electrons. The average molecular weight is 463 g/mol. The Labute approximate surface area is 193 Å². The number of halogens is 1. The minimum atomic E-state index is -2.85. The first-order valence-electron chi connectivity index (χ1n) is 10.4. The van der Waals surface area contributed by atoms with Gasteiger partial charge in [-0.25, -0.2) is 4.39 Å². The zero-order valence-electron chi connectivity index (χ0n) is 17.8. The molecule has 0 aliphatic rings. The normalized spacial score (nSPS) is 12.8. The molecular weight excluding hydrogens is 441 g/mol. The first-order chi connectivity index (χ1) is 16.0. The van der Waals surface area contributed by atoms with E-state index in [1.807, 2.05) is 37.3 Å². The molecule has 2 unspecified atom stereocenters. The highest BCUT2D eigenvalue weighted by molar-refractivity contribution is 7.81. The van der Waals surface area contributed by atoms with Crippen LogP contribution in [0.2, 0.25) is 0 Å². The predicted molar refractivity (Wildman–Crippen MR) is 126 cm³/mol. The van der Waals surface area contributed by atoms with Gasteiger partial charge in [0.2, 0.25) is 0 Å². The van der Waals surface area contributed by atoms with Crippen molar-refractivity contribution in [2.24, 2.45) is 0 Å². The minimum absolute atomic E-state index is 0.0955. The summed E-state index contributed by atoms with van der Waals surface area (Å²) in [5.41, 5.74) is 1.05. The van der Waals surface area contributed by atoms with Crippen LogP contribution >= 0.6 is 0 Å². The molecule has 6 nitrogen and oxygen atoms in total. The van der Waals surface area contributed by atoms with Gasteiger partial charge in [0.1, 0.15) is 5.82 Å². The number of nitrogens with one attached hydrogen (secondary N) is 1. The van der Waals surface area contributed by atoms with E-state index in [1.54, 1.807) is 36.5 Å². The molecule has 0 aliphatic carbocycles. The van der Waals surface area contributed by atoms with Gasteiger partial charge < -0.3 is 9.87 Å². The number of aromatic nitrogens is 1. The fraction of sp³-hybridized carbons (Fsp3) is 0.120. The number of benzene rings is 3. The smallest absolute Gasteiger partial charge is 0.256 e. The van der Waals surface area contributed by atoms with Gasteiger partial charge in [0.05, 0.1) is 39.8 Å². The maximum Gasteiger partial charge on any atom is 0.256 e. The van der Waals surface area contributed by atoms with Crippen LogP contribution in [0, 0.1) is 5.82 Å². The number of anilines is 2. The molecule has 0 radical (unpaired) electrons. The van der Waals surface area contributed by atoms with Crippen molar-refractivity contribution in [1.29, 1.82) is 0 Å². The molecule has 0 bridgehead atoms. The molecule has 0 saturated carbocycles. The summed E-state index contributed by atoms with van der Waals surface area (Å²) in [6, 6.07) is 21.4. The van der Waals surface area contributed by atoms with Crippen molar-refractivity contribution in [2.75, 3.05) is 4.31 Å². The predicted octanol–water partition coefficient (Wildman–Crippen LogP) is 5.19. The molecule has 0 spiro atoms. The van der Waals surface area contributed by atoms with Crippen LogP contribution in [0.1, 0.15) is 35.3 Å². The van der Waals surface area contributed by atoms with Crippen molar-refractivity contribution in [3.63, 3.8) is 0 Å². The number of para-hydroxylation sites is 1. The van der Waals surface area contributed by atoms with Crippen molar-refractivity contribution in [2.45, 2.75) is 19.4 Å². The van der Waals surface area contributed by atoms with Gasteiger partial charge in [-0.1, -0.05) is 61.5 Å². The lowest BCUT2D eigenvalue weighted by Crippen LogP contribution is -2.31. The second-order valence-electron chi connectivity index (χ2n) is 7.34. The number of rotatable bonds is 7. The maximum absolute atomic E-state index is 15.0. The lowest BCUT2D eigenvalue weighted by molar-refractivity contribution is 0.0932. The van der Waals surface area contributed by atoms with E-state index in [4.69, 9.17) is 0 Å². The first kappa shape index (κ1) is 22.6. The zero-order valence-corrected chi connectivity index (χ0v) is 18.6. The molecule has 0 fully saturated rings. The highest BCUT2D eigenvalue weighted by Crippen LogP contribution is 2.35. The van der Waals surface area contributed by atoms with E-state index in [-0.39, 0.29) is 23.0 Å². The van der Waals surface area contributed by atoms with Gasteiger partial charge in [-0.05, 0) is 36.2 Å². The maximum atomic E-state index is 15.0. The number of carbonyl (C=O) groups is 1. The number of carbonyl (C=O) groups excluding carboxylic acids is 1. The summed E-state index contributed by atoms with van der Waals surface area (Å²) in [6.45, 7) is 1.90. The van der Waals surface area contributed by atoms with Gasteiger partial charge in [0.25, 0.3) is 5.91 Å². The topological polar surface area (TPSA) is 85.4 Å². The molecule has 0 saturated heterocycles. The summed E-state index contributed by atoms with van der Waals surface area (Å²) in [4.78, 5) is 17.6. The fourth-order valence-corrected chi connectivity index (χ4v) is 4.41. The molecule has 4 rings (SSSR count). The Morgan fingerprint density at radius 3 is 2.45 bits per heavy atom. The molecule has 1 heterocycles. The van der Waals surface area contributed by atoms with E-state index in [2.05, 4.69) is 10.3 Å². The van der Waals surface area contributed by atoms with E-state index in [0.29, 0.717) is 17.3 Å². The molecule has 2 atom stereocenters. The Morgan fingerprint density at radius 2 is 1.73 bits per heavy atom. The third kappa shape index (κ3) is 4.62. The van der Waals surface area contributed by atoms with Crippen molar-refractivity contribution >= 4 is 39.5 Å². The summed E-state index contributed by atoms with van der Waals surface area (Å²) in [5.74, 6) is -1.53. The van der Waals surface area contributed by atoms with Crippen molar-refractivity contribution < 1.29 is 17.9 Å². The number of pyridine rings is 1. The molecule has 8 heteroatoms. The van der Waals surface area contributed by atoms with Crippen LogP contribution in [0.25, 0.3) is 10.9 Å². The highest BCUT2D eigenvalue weighted by Gasteiger charge is 2.25. The number of nitrogens with zero attached hydrogens (tertiary/aromatic N) is 2. The van der Waals surface area contributed by atoms with Gasteiger partial charge in [-0.3, -0.25) is 18.3 Å². The van der Waals surface area contributed by atoms with Crippen LogP contribution in [-0.4, -0.2) is 19.7 Å². The second-order valence-corrected chi connectivity index (χ2v) is 8.14. The Hall–Kier alpha value is -3.62. The quantitative estimate of drug-likeness (QED) is 0.383. The fourth-order valence-electron chi connectivity index (χ4n) is 3.79. The second kappa shape index (κ2) is 9.89. The first-order valence-corrected chi connectivity index (χ1v) is 11.4. The molecule has 3 aromatic carbocycles. The Bertz CT molecular complexity index is 1310. The van der Waals surface area contributed by atoms with E-state index < -0.39 is 23.0 Å². The van der Waals surface area contributed by atoms with E-state index >= 15 is 4.39 Å². The molecule has 0 aliphatic heterocycles. The SMILES string of the molecule is CCC(NC(=O)c1c(F)cccc1N(c1cccc2cccnc12)S(=O)[O-])c1ccccc1. The van der Waals surface area contributed by atoms with Crippen LogP contribution in [0.4, 0.5) is 15.8 Å². The summed E-state index contributed by atoms with van der Waals surface area (Å²) in [7, 11) is 0. The number of fused-ring (bicyclic) bond motifs is 1. The van der Waals surface area contributed by atoms with E-state index in [0.717, 1.165) is 15.9 Å². The Morgan fingerprint density at radius 1 is 1.03 bits per heavy atom. The average Bonchev–Trinajstić information content (AvgIpc) is 2.83. The summed E-state index contributed by atoms with van der Waals surface area (Å²) in [5, 5.41) is 3.55. The third-order valence-electron chi connectivity index (χ3n) is 5.33. The Balaban J connectivity index is 1.81. The summed E-state index contributed by atoms with van der Waals surface area (Å²) < 4.78 is 40.7. The van der Waals surface area contributed by atoms with Crippen molar-refractivity contribution in [3.8, 4) is 0 Å². The van der Waals surface area contributed by atoms with Gasteiger partial charge in [-0.2, -0.15) is 0 Å². The largest absolute Gasteiger partial charge is 0.755 e. The standard InChI is InChI=1S/C25H22FN3O3S/c1-2-20(17-9-4-3-5-10-17)28-25(30)23-19(26)13-7-14-21(23)29(33(31)32)22-15-6-11-18-12-8-16-27-24(18)22/h3-16,20H,2H2,1H3,(H,28,30)(H,31,32)/p-1. The zero-order chi connectivity index (χ0) is 23.4. The van der Waals surface area contributed by atoms with E-state index in [9.17, 15) is 13.6 Å². The highest BCUT2D eigenvalue weighted by atomic mass is 32.2. The molecule has 1 aromatic heterocycles. The monoisotopic (exact) mass is 462 g/mol. The molecule has 1 N–H and O–H groups in total. The van der Waals surface area contributed by atoms with Crippen LogP contribution in [-0.2, 0) is 11.3 Å². The van der Waals surface area contributed by atoms with Crippen molar-refractivity contribution in [3.05, 3.63) is 102 Å². The van der Waals surface area contributed by atoms with Gasteiger partial charge in [0, 0.05) is 11.6 Å². The number of hydrogen-bond acceptors (Lipinski definition) is 4. The van der Waals surface area contributed by atoms with Crippen LogP contribution < -0.4 is 9.62 Å². The van der Waals surface area contributed by atoms with Crippen LogP contribution in [0.3, 0.4) is 0 Å². The van der Waals surface area contributed by atoms with Gasteiger partial charge in [0.15, 0.2) is 0 Å². The van der Waals surface area contributed by atoms with Crippen molar-refractivity contribution in [1.82, 2.24) is 10.3 Å². The molecule has 33 heavy (non-hydrogen) atoms. The molecule has 4 aromatic rings. The Kier molecular flexibility index (Phi) is 6.76. The lowest BCUT2D eigenvalue weighted by atomic mass is 10.0. The summed E-state index contributed by atoms with van der Waals surface area (Å²) >= 11 is -2.85. The van der Waals surface area contributed by atoms with Gasteiger partial charge >= 0.3 is 0 Å². The van der Waals surface area contributed by atoms with Crippen LogP contribution in [0.15, 0.2) is 85.1 Å². The number of hydrogen-bond donors (Lipinski definition) is 1. The third-order valence-corrected chi connectivity index (χ3v) is 6.02.